The Morgan fingerprint density at radius 2 is 0.527 bits per heavy atom. The lowest BCUT2D eigenvalue weighted by molar-refractivity contribution is 0.771. The molecule has 0 aliphatic heterocycles. The summed E-state index contributed by atoms with van der Waals surface area (Å²) in [6.07, 6.45) is 0. The van der Waals surface area contributed by atoms with Crippen molar-refractivity contribution >= 4 is 43.6 Å². The second-order valence-corrected chi connectivity index (χ2v) is 24.7. The Bertz CT molecular complexity index is 5670. The molecule has 0 saturated carbocycles. The van der Waals surface area contributed by atoms with Crippen LogP contribution in [0.3, 0.4) is 0 Å². The maximum absolute atomic E-state index is 2.44. The molecule has 2 nitrogen and oxygen atoms in total. The van der Waals surface area contributed by atoms with E-state index in [2.05, 4.69) is 373 Å². The highest BCUT2D eigenvalue weighted by atomic mass is 15.0. The Labute approximate surface area is 541 Å². The van der Waals surface area contributed by atoms with Crippen molar-refractivity contribution in [1.29, 1.82) is 0 Å². The average molecular weight is 1180 g/mol. The molecular formula is C91H60N2. The van der Waals surface area contributed by atoms with Crippen molar-refractivity contribution in [1.82, 2.24) is 9.13 Å². The first-order valence-corrected chi connectivity index (χ1v) is 32.2. The van der Waals surface area contributed by atoms with E-state index in [1.807, 2.05) is 0 Å². The normalized spacial score (nSPS) is 12.4. The third kappa shape index (κ3) is 8.86. The SMILES string of the molecule is c1ccc(-c2ccc(-c3ccccc3C3(c4cccc(-c5ccc(-c6ccc(-c7cccc(-n8c9ccccc9c9cc(-c%10ccc%11c(c%10)c%10ccccc%10n%11-c%10ccccc%10-c%10ccccc%10)ccc98)c7)cc6)cc5)c4)c4ccccc4-c4ccccc43)cc2)cc1. The number of benzene rings is 15. The summed E-state index contributed by atoms with van der Waals surface area (Å²) in [7, 11) is 0. The van der Waals surface area contributed by atoms with Gasteiger partial charge in [0, 0.05) is 32.8 Å². The van der Waals surface area contributed by atoms with Crippen LogP contribution in [-0.4, -0.2) is 9.13 Å². The first-order valence-electron chi connectivity index (χ1n) is 32.2. The minimum atomic E-state index is -0.576. The second kappa shape index (κ2) is 22.1. The molecule has 2 heteroatoms. The Hall–Kier alpha value is -12.1. The fourth-order valence-corrected chi connectivity index (χ4v) is 15.4. The molecule has 0 atom stereocenters. The van der Waals surface area contributed by atoms with Gasteiger partial charge in [-0.05, 0) is 166 Å². The van der Waals surface area contributed by atoms with Crippen LogP contribution in [0.2, 0.25) is 0 Å². The molecule has 2 aromatic heterocycles. The summed E-state index contributed by atoms with van der Waals surface area (Å²) in [5.41, 5.74) is 30.9. The van der Waals surface area contributed by atoms with Gasteiger partial charge in [0.1, 0.15) is 0 Å². The largest absolute Gasteiger partial charge is 0.309 e. The molecule has 1 aliphatic rings. The number of fused-ring (bicyclic) bond motifs is 9. The van der Waals surface area contributed by atoms with Gasteiger partial charge in [0.2, 0.25) is 0 Å². The first kappa shape index (κ1) is 53.9. The summed E-state index contributed by atoms with van der Waals surface area (Å²) >= 11 is 0. The first-order chi connectivity index (χ1) is 46.1. The zero-order valence-corrected chi connectivity index (χ0v) is 51.0. The topological polar surface area (TPSA) is 9.86 Å². The minimum Gasteiger partial charge on any atom is -0.309 e. The highest BCUT2D eigenvalue weighted by Gasteiger charge is 2.47. The van der Waals surface area contributed by atoms with Gasteiger partial charge in [0.05, 0.1) is 33.2 Å². The molecule has 2 heterocycles. The van der Waals surface area contributed by atoms with E-state index < -0.39 is 5.41 Å². The van der Waals surface area contributed by atoms with Gasteiger partial charge < -0.3 is 9.13 Å². The molecular weight excluding hydrogens is 1120 g/mol. The van der Waals surface area contributed by atoms with Crippen molar-refractivity contribution in [2.45, 2.75) is 5.41 Å². The fourth-order valence-electron chi connectivity index (χ4n) is 15.4. The van der Waals surface area contributed by atoms with Gasteiger partial charge in [-0.3, -0.25) is 0 Å². The van der Waals surface area contributed by atoms with Crippen molar-refractivity contribution in [2.24, 2.45) is 0 Å². The summed E-state index contributed by atoms with van der Waals surface area (Å²) in [6.45, 7) is 0. The lowest BCUT2D eigenvalue weighted by Crippen LogP contribution is -2.29. The van der Waals surface area contributed by atoms with Crippen LogP contribution in [0.1, 0.15) is 22.3 Å². The third-order valence-electron chi connectivity index (χ3n) is 19.7. The van der Waals surface area contributed by atoms with E-state index in [1.54, 1.807) is 0 Å². The van der Waals surface area contributed by atoms with E-state index in [-0.39, 0.29) is 0 Å². The van der Waals surface area contributed by atoms with Gasteiger partial charge in [-0.2, -0.15) is 0 Å². The van der Waals surface area contributed by atoms with Gasteiger partial charge in [-0.25, -0.2) is 0 Å². The van der Waals surface area contributed by atoms with Crippen molar-refractivity contribution < 1.29 is 0 Å². The zero-order chi connectivity index (χ0) is 61.4. The highest BCUT2D eigenvalue weighted by Crippen LogP contribution is 2.58. The van der Waals surface area contributed by atoms with Crippen LogP contribution < -0.4 is 0 Å². The Kier molecular flexibility index (Phi) is 12.8. The zero-order valence-electron chi connectivity index (χ0n) is 51.0. The number of nitrogens with zero attached hydrogens (tertiary/aromatic N) is 2. The molecule has 0 amide bonds. The van der Waals surface area contributed by atoms with Gasteiger partial charge in [0.15, 0.2) is 0 Å². The Morgan fingerprint density at radius 3 is 1.10 bits per heavy atom. The number of rotatable bonds is 11. The molecule has 0 spiro atoms. The van der Waals surface area contributed by atoms with E-state index in [4.69, 9.17) is 0 Å². The second-order valence-electron chi connectivity index (χ2n) is 24.7. The maximum atomic E-state index is 2.44. The van der Waals surface area contributed by atoms with Gasteiger partial charge in [-0.15, -0.1) is 0 Å². The summed E-state index contributed by atoms with van der Waals surface area (Å²) in [5.74, 6) is 0. The van der Waals surface area contributed by atoms with Crippen LogP contribution >= 0.6 is 0 Å². The summed E-state index contributed by atoms with van der Waals surface area (Å²) < 4.78 is 4.87. The summed E-state index contributed by atoms with van der Waals surface area (Å²) in [5, 5.41) is 4.94. The number of hydrogen-bond acceptors (Lipinski definition) is 0. The molecule has 0 radical (unpaired) electrons. The molecule has 93 heavy (non-hydrogen) atoms. The molecule has 0 fully saturated rings. The monoisotopic (exact) mass is 1180 g/mol. The van der Waals surface area contributed by atoms with E-state index in [0.717, 1.165) is 5.69 Å². The summed E-state index contributed by atoms with van der Waals surface area (Å²) in [4.78, 5) is 0. The lowest BCUT2D eigenvalue weighted by atomic mass is 9.65. The van der Waals surface area contributed by atoms with Crippen molar-refractivity contribution in [3.63, 3.8) is 0 Å². The highest BCUT2D eigenvalue weighted by molar-refractivity contribution is 6.13. The van der Waals surface area contributed by atoms with Gasteiger partial charge in [-0.1, -0.05) is 303 Å². The molecule has 0 unspecified atom stereocenters. The average Bonchev–Trinajstić information content (AvgIpc) is 1.54. The predicted octanol–water partition coefficient (Wildman–Crippen LogP) is 23.9. The van der Waals surface area contributed by atoms with E-state index >= 15 is 0 Å². The maximum Gasteiger partial charge on any atom is 0.0719 e. The quantitative estimate of drug-likeness (QED) is 0.122. The number of para-hydroxylation sites is 3. The number of hydrogen-bond donors (Lipinski definition) is 0. The molecule has 1 aliphatic carbocycles. The summed E-state index contributed by atoms with van der Waals surface area (Å²) in [6, 6.07) is 135. The standard InChI is InChI=1S/C91H60N2/c1-3-21-61(22-4-1)62-49-51-68(52-50-62)75-29-7-13-35-83(75)91(84-36-14-8-31-77(84)78-32-9-15-37-85(78)91)73-27-19-25-69(57-73)65-45-41-63(42-46-65)64-43-47-66(48-44-64)70-26-20-28-74(58-70)92-87-39-17-11-33-79(87)81-59-71(53-55-89(81)92)72-54-56-90-82(60-72)80-34-12-18-40-88(80)93(90)86-38-16-10-30-76(86)67-23-5-2-6-24-67/h1-60H. The van der Waals surface area contributed by atoms with Gasteiger partial charge in [0.25, 0.3) is 0 Å². The number of aromatic nitrogens is 2. The van der Waals surface area contributed by atoms with Crippen molar-refractivity contribution in [3.05, 3.63) is 386 Å². The minimum absolute atomic E-state index is 0.576. The molecule has 0 bridgehead atoms. The molecule has 0 N–H and O–H groups in total. The van der Waals surface area contributed by atoms with Crippen LogP contribution in [0.25, 0.3) is 144 Å². The van der Waals surface area contributed by atoms with E-state index in [1.165, 1.54) is 161 Å². The molecule has 0 saturated heterocycles. The predicted molar refractivity (Wildman–Crippen MR) is 390 cm³/mol. The van der Waals surface area contributed by atoms with Gasteiger partial charge >= 0.3 is 0 Å². The lowest BCUT2D eigenvalue weighted by Gasteiger charge is -2.36. The van der Waals surface area contributed by atoms with Crippen molar-refractivity contribution in [3.8, 4) is 100 Å². The molecule has 15 aromatic carbocycles. The van der Waals surface area contributed by atoms with Crippen LogP contribution in [0.4, 0.5) is 0 Å². The molecule has 17 aromatic rings. The molecule has 18 rings (SSSR count). The fraction of sp³-hybridized carbons (Fsp3) is 0.0110. The Morgan fingerprint density at radius 1 is 0.183 bits per heavy atom. The Balaban J connectivity index is 0.650. The third-order valence-corrected chi connectivity index (χ3v) is 19.7. The van der Waals surface area contributed by atoms with Crippen LogP contribution in [0.5, 0.6) is 0 Å². The molecule has 434 valence electrons. The van der Waals surface area contributed by atoms with E-state index in [9.17, 15) is 0 Å². The van der Waals surface area contributed by atoms with Crippen molar-refractivity contribution in [2.75, 3.05) is 0 Å². The smallest absolute Gasteiger partial charge is 0.0719 e. The van der Waals surface area contributed by atoms with Crippen LogP contribution in [0.15, 0.2) is 364 Å². The van der Waals surface area contributed by atoms with Crippen LogP contribution in [0, 0.1) is 0 Å². The van der Waals surface area contributed by atoms with E-state index in [0.29, 0.717) is 0 Å². The van der Waals surface area contributed by atoms with Crippen LogP contribution in [-0.2, 0) is 5.41 Å².